The van der Waals surface area contributed by atoms with E-state index in [-0.39, 0.29) is 24.7 Å². The summed E-state index contributed by atoms with van der Waals surface area (Å²) in [5.41, 5.74) is 8.58. The third kappa shape index (κ3) is 4.33. The molecule has 1 aliphatic carbocycles. The summed E-state index contributed by atoms with van der Waals surface area (Å²) >= 11 is 0. The first-order valence-electron chi connectivity index (χ1n) is 10.9. The lowest BCUT2D eigenvalue weighted by molar-refractivity contribution is -0.136. The Morgan fingerprint density at radius 2 is 1.91 bits per heavy atom. The van der Waals surface area contributed by atoms with E-state index in [4.69, 9.17) is 9.84 Å². The molecule has 1 unspecified atom stereocenters. The number of halogens is 1. The van der Waals surface area contributed by atoms with Crippen LogP contribution in [-0.2, 0) is 17.6 Å². The number of rotatable bonds is 7. The largest absolute Gasteiger partial charge is 0.497 e. The second-order valence-corrected chi connectivity index (χ2v) is 8.45. The number of benzene rings is 3. The first kappa shape index (κ1) is 21.9. The minimum Gasteiger partial charge on any atom is -0.497 e. The van der Waals surface area contributed by atoms with Gasteiger partial charge in [-0.3, -0.25) is 4.79 Å². The number of aryl methyl sites for hydroxylation is 3. The van der Waals surface area contributed by atoms with Gasteiger partial charge in [0.05, 0.1) is 13.2 Å². The van der Waals surface area contributed by atoms with Gasteiger partial charge in [-0.25, -0.2) is 4.39 Å². The Morgan fingerprint density at radius 3 is 2.56 bits per heavy atom. The molecule has 0 aromatic heterocycles. The second kappa shape index (κ2) is 9.03. The highest BCUT2D eigenvalue weighted by molar-refractivity contribution is 5.76. The molecule has 1 atom stereocenters. The van der Waals surface area contributed by atoms with Gasteiger partial charge in [0.15, 0.2) is 0 Å². The molecule has 0 heterocycles. The number of carbonyl (C=O) groups is 1. The van der Waals surface area contributed by atoms with Crippen LogP contribution in [0.1, 0.15) is 46.7 Å². The fourth-order valence-corrected chi connectivity index (χ4v) is 4.79. The van der Waals surface area contributed by atoms with Gasteiger partial charge in [0.1, 0.15) is 11.6 Å². The van der Waals surface area contributed by atoms with Crippen LogP contribution in [0.2, 0.25) is 0 Å². The monoisotopic (exact) mass is 433 g/mol. The first-order valence-corrected chi connectivity index (χ1v) is 10.9. The summed E-state index contributed by atoms with van der Waals surface area (Å²) in [5, 5.41) is 12.3. The summed E-state index contributed by atoms with van der Waals surface area (Å²) in [6, 6.07) is 15.6. The van der Waals surface area contributed by atoms with Crippen molar-refractivity contribution in [3.05, 3.63) is 82.2 Å². The normalized spacial score (nSPS) is 14.8. The molecule has 0 saturated heterocycles. The fourth-order valence-electron chi connectivity index (χ4n) is 4.79. The third-order valence-electron chi connectivity index (χ3n) is 6.28. The number of carboxylic acids is 1. The van der Waals surface area contributed by atoms with E-state index in [1.807, 2.05) is 6.07 Å². The van der Waals surface area contributed by atoms with Crippen molar-refractivity contribution < 1.29 is 19.0 Å². The van der Waals surface area contributed by atoms with Gasteiger partial charge in [-0.15, -0.1) is 0 Å². The zero-order chi connectivity index (χ0) is 22.8. The minimum atomic E-state index is -0.924. The lowest BCUT2D eigenvalue weighted by Crippen LogP contribution is -2.08. The smallest absolute Gasteiger partial charge is 0.303 e. The zero-order valence-corrected chi connectivity index (χ0v) is 18.7. The molecule has 3 aromatic rings. The standard InChI is InChI=1S/C27H28FNO3/c1-16-13-20(32-3)14-17(2)27(16)23-6-4-5-22-21(23)10-11-25(22)29-19-9-7-18(24(28)15-19)8-12-26(30)31/h4-7,9,13-15,25,29H,8,10-12H2,1-3H3,(H,30,31). The molecule has 4 nitrogen and oxygen atoms in total. The first-order chi connectivity index (χ1) is 15.4. The van der Waals surface area contributed by atoms with Crippen molar-refractivity contribution in [2.75, 3.05) is 12.4 Å². The number of methoxy groups -OCH3 is 1. The Kier molecular flexibility index (Phi) is 6.17. The van der Waals surface area contributed by atoms with Crippen molar-refractivity contribution in [3.63, 3.8) is 0 Å². The van der Waals surface area contributed by atoms with E-state index < -0.39 is 5.97 Å². The van der Waals surface area contributed by atoms with Gasteiger partial charge in [0.25, 0.3) is 0 Å². The van der Waals surface area contributed by atoms with Crippen molar-refractivity contribution >= 4 is 11.7 Å². The van der Waals surface area contributed by atoms with Crippen LogP contribution in [-0.4, -0.2) is 18.2 Å². The maximum absolute atomic E-state index is 14.5. The van der Waals surface area contributed by atoms with Gasteiger partial charge in [0, 0.05) is 12.1 Å². The number of hydrogen-bond acceptors (Lipinski definition) is 3. The number of anilines is 1. The van der Waals surface area contributed by atoms with Gasteiger partial charge in [-0.05, 0) is 96.3 Å². The molecule has 0 radical (unpaired) electrons. The number of fused-ring (bicyclic) bond motifs is 1. The summed E-state index contributed by atoms with van der Waals surface area (Å²) in [6.07, 6.45) is 2.00. The molecule has 3 aromatic carbocycles. The molecule has 0 spiro atoms. The van der Waals surface area contributed by atoms with Crippen LogP contribution in [0, 0.1) is 19.7 Å². The predicted octanol–water partition coefficient (Wildman–Crippen LogP) is 6.23. The van der Waals surface area contributed by atoms with E-state index in [9.17, 15) is 9.18 Å². The molecule has 0 fully saturated rings. The molecule has 0 amide bonds. The quantitative estimate of drug-likeness (QED) is 0.463. The van der Waals surface area contributed by atoms with E-state index in [1.54, 1.807) is 13.2 Å². The summed E-state index contributed by atoms with van der Waals surface area (Å²) in [6.45, 7) is 4.23. The van der Waals surface area contributed by atoms with Crippen molar-refractivity contribution in [2.45, 2.75) is 45.6 Å². The van der Waals surface area contributed by atoms with Gasteiger partial charge in [0.2, 0.25) is 0 Å². The van der Waals surface area contributed by atoms with Gasteiger partial charge < -0.3 is 15.2 Å². The van der Waals surface area contributed by atoms with Crippen molar-refractivity contribution in [2.24, 2.45) is 0 Å². The van der Waals surface area contributed by atoms with Crippen LogP contribution >= 0.6 is 0 Å². The summed E-state index contributed by atoms with van der Waals surface area (Å²) in [4.78, 5) is 10.8. The highest BCUT2D eigenvalue weighted by Crippen LogP contribution is 2.42. The van der Waals surface area contributed by atoms with E-state index in [1.165, 1.54) is 39.4 Å². The average Bonchev–Trinajstić information content (AvgIpc) is 3.16. The lowest BCUT2D eigenvalue weighted by Gasteiger charge is -2.18. The van der Waals surface area contributed by atoms with Crippen LogP contribution in [0.15, 0.2) is 48.5 Å². The second-order valence-electron chi connectivity index (χ2n) is 8.45. The molecule has 5 heteroatoms. The number of carboxylic acid groups (broad SMARTS) is 1. The topological polar surface area (TPSA) is 58.6 Å². The van der Waals surface area contributed by atoms with Gasteiger partial charge >= 0.3 is 5.97 Å². The molecule has 0 bridgehead atoms. The number of ether oxygens (including phenoxy) is 1. The van der Waals surface area contributed by atoms with Crippen molar-refractivity contribution in [3.8, 4) is 16.9 Å². The van der Waals surface area contributed by atoms with Crippen LogP contribution in [0.3, 0.4) is 0 Å². The van der Waals surface area contributed by atoms with Crippen LogP contribution in [0.25, 0.3) is 11.1 Å². The average molecular weight is 434 g/mol. The Balaban J connectivity index is 1.60. The van der Waals surface area contributed by atoms with E-state index >= 15 is 0 Å². The highest BCUT2D eigenvalue weighted by atomic mass is 19.1. The molecular weight excluding hydrogens is 405 g/mol. The Hall–Kier alpha value is -3.34. The Bertz CT molecular complexity index is 1150. The predicted molar refractivity (Wildman–Crippen MR) is 125 cm³/mol. The fraction of sp³-hybridized carbons (Fsp3) is 0.296. The summed E-state index contributed by atoms with van der Waals surface area (Å²) < 4.78 is 19.9. The number of aliphatic carboxylic acids is 1. The Labute approximate surface area is 188 Å². The number of hydrogen-bond donors (Lipinski definition) is 2. The molecule has 2 N–H and O–H groups in total. The van der Waals surface area contributed by atoms with E-state index in [0.29, 0.717) is 11.3 Å². The van der Waals surface area contributed by atoms with E-state index in [2.05, 4.69) is 49.5 Å². The van der Waals surface area contributed by atoms with Gasteiger partial charge in [-0.1, -0.05) is 24.3 Å². The third-order valence-corrected chi connectivity index (χ3v) is 6.28. The molecule has 1 aliphatic rings. The summed E-state index contributed by atoms with van der Waals surface area (Å²) in [7, 11) is 1.69. The Morgan fingerprint density at radius 1 is 1.16 bits per heavy atom. The van der Waals surface area contributed by atoms with Gasteiger partial charge in [-0.2, -0.15) is 0 Å². The SMILES string of the molecule is COc1cc(C)c(-c2cccc3c2CCC3Nc2ccc(CCC(=O)O)c(F)c2)c(C)c1. The number of nitrogens with one attached hydrogen (secondary N) is 1. The van der Waals surface area contributed by atoms with Crippen molar-refractivity contribution in [1.29, 1.82) is 0 Å². The minimum absolute atomic E-state index is 0.0767. The molecule has 0 aliphatic heterocycles. The molecule has 0 saturated carbocycles. The van der Waals surface area contributed by atoms with Crippen LogP contribution in [0.5, 0.6) is 5.75 Å². The van der Waals surface area contributed by atoms with Crippen LogP contribution < -0.4 is 10.1 Å². The summed E-state index contributed by atoms with van der Waals surface area (Å²) in [5.74, 6) is -0.426. The maximum Gasteiger partial charge on any atom is 0.303 e. The lowest BCUT2D eigenvalue weighted by atomic mass is 9.90. The molecular formula is C27H28FNO3. The van der Waals surface area contributed by atoms with E-state index in [0.717, 1.165) is 18.6 Å². The molecule has 32 heavy (non-hydrogen) atoms. The van der Waals surface area contributed by atoms with Crippen molar-refractivity contribution in [1.82, 2.24) is 0 Å². The highest BCUT2D eigenvalue weighted by Gasteiger charge is 2.26. The molecule has 166 valence electrons. The zero-order valence-electron chi connectivity index (χ0n) is 18.7. The maximum atomic E-state index is 14.5. The molecule has 4 rings (SSSR count). The van der Waals surface area contributed by atoms with Crippen LogP contribution in [0.4, 0.5) is 10.1 Å².